The van der Waals surface area contributed by atoms with Crippen LogP contribution < -0.4 is 10.2 Å². The maximum atomic E-state index is 11.9. The van der Waals surface area contributed by atoms with Crippen LogP contribution in [0.3, 0.4) is 0 Å². The second-order valence-corrected chi connectivity index (χ2v) is 7.32. The summed E-state index contributed by atoms with van der Waals surface area (Å²) in [4.78, 5) is 16.7. The Morgan fingerprint density at radius 1 is 1.21 bits per heavy atom. The highest BCUT2D eigenvalue weighted by atomic mass is 32.1. The summed E-state index contributed by atoms with van der Waals surface area (Å²) in [6.45, 7) is 6.82. The number of esters is 1. The van der Waals surface area contributed by atoms with Crippen LogP contribution in [-0.2, 0) is 4.74 Å². The monoisotopic (exact) mass is 403 g/mol. The van der Waals surface area contributed by atoms with Gasteiger partial charge in [-0.1, -0.05) is 56.1 Å². The average Bonchev–Trinajstić information content (AvgIpc) is 3.06. The van der Waals surface area contributed by atoms with Crippen molar-refractivity contribution >= 4 is 28.7 Å². The molecule has 0 atom stereocenters. The molecule has 0 radical (unpaired) electrons. The van der Waals surface area contributed by atoms with Crippen LogP contribution in [0.4, 0.5) is 5.13 Å². The summed E-state index contributed by atoms with van der Waals surface area (Å²) in [5.74, 6) is 0.457. The molecule has 28 heavy (non-hydrogen) atoms. The van der Waals surface area contributed by atoms with Gasteiger partial charge in [-0.2, -0.15) is 5.10 Å². The summed E-state index contributed by atoms with van der Waals surface area (Å²) >= 11 is 1.23. The minimum absolute atomic E-state index is 0.340. The van der Waals surface area contributed by atoms with Crippen molar-refractivity contribution in [3.05, 3.63) is 40.4 Å². The minimum Gasteiger partial charge on any atom is -0.493 e. The van der Waals surface area contributed by atoms with E-state index in [4.69, 9.17) is 9.47 Å². The lowest BCUT2D eigenvalue weighted by Crippen LogP contribution is -2.03. The number of aryl methyl sites for hydroxylation is 1. The third-order valence-corrected chi connectivity index (χ3v) is 5.09. The summed E-state index contributed by atoms with van der Waals surface area (Å²) in [6, 6.07) is 7.80. The van der Waals surface area contributed by atoms with Crippen molar-refractivity contribution in [2.45, 2.75) is 52.9 Å². The minimum atomic E-state index is -0.354. The number of hydrogen-bond acceptors (Lipinski definition) is 7. The van der Waals surface area contributed by atoms with E-state index in [9.17, 15) is 4.79 Å². The van der Waals surface area contributed by atoms with Crippen molar-refractivity contribution in [2.24, 2.45) is 5.10 Å². The van der Waals surface area contributed by atoms with Crippen LogP contribution in [0, 0.1) is 6.92 Å². The number of hydrogen-bond donors (Lipinski definition) is 1. The molecule has 2 aromatic rings. The SMILES string of the molecule is CCCCCCCOc1ccccc1/C=N\Nc1nc(C)c(C(=O)OCC)s1. The van der Waals surface area contributed by atoms with Gasteiger partial charge in [0.25, 0.3) is 0 Å². The number of nitrogens with zero attached hydrogens (tertiary/aromatic N) is 2. The van der Waals surface area contributed by atoms with E-state index >= 15 is 0 Å². The van der Waals surface area contributed by atoms with Crippen molar-refractivity contribution in [3.8, 4) is 5.75 Å². The summed E-state index contributed by atoms with van der Waals surface area (Å²) in [5.41, 5.74) is 4.41. The van der Waals surface area contributed by atoms with Gasteiger partial charge in [-0.05, 0) is 32.4 Å². The van der Waals surface area contributed by atoms with Crippen molar-refractivity contribution < 1.29 is 14.3 Å². The fraction of sp³-hybridized carbons (Fsp3) is 0.476. The van der Waals surface area contributed by atoms with E-state index in [1.165, 1.54) is 37.0 Å². The molecule has 0 amide bonds. The Bertz CT molecular complexity index is 774. The number of hydrazone groups is 1. The zero-order valence-corrected chi connectivity index (χ0v) is 17.7. The fourth-order valence-electron chi connectivity index (χ4n) is 2.59. The number of carbonyl (C=O) groups excluding carboxylic acids is 1. The molecule has 1 heterocycles. The van der Waals surface area contributed by atoms with E-state index in [1.807, 2.05) is 24.3 Å². The van der Waals surface area contributed by atoms with Crippen LogP contribution in [0.15, 0.2) is 29.4 Å². The normalized spacial score (nSPS) is 11.0. The van der Waals surface area contributed by atoms with E-state index in [1.54, 1.807) is 20.1 Å². The first-order valence-corrected chi connectivity index (χ1v) is 10.6. The molecule has 152 valence electrons. The Labute approximate surface area is 171 Å². The summed E-state index contributed by atoms with van der Waals surface area (Å²) < 4.78 is 10.9. The maximum absolute atomic E-state index is 11.9. The van der Waals surface area contributed by atoms with Crippen molar-refractivity contribution in [3.63, 3.8) is 0 Å². The average molecular weight is 404 g/mol. The van der Waals surface area contributed by atoms with Crippen LogP contribution in [0.2, 0.25) is 0 Å². The topological polar surface area (TPSA) is 72.8 Å². The number of carbonyl (C=O) groups is 1. The van der Waals surface area contributed by atoms with Crippen molar-refractivity contribution in [2.75, 3.05) is 18.6 Å². The summed E-state index contributed by atoms with van der Waals surface area (Å²) in [6.07, 6.45) is 7.73. The van der Waals surface area contributed by atoms with E-state index in [0.29, 0.717) is 28.9 Å². The standard InChI is InChI=1S/C21H29N3O3S/c1-4-6-7-8-11-14-27-18-13-10-9-12-17(18)15-22-24-21-23-16(3)19(28-21)20(25)26-5-2/h9-10,12-13,15H,4-8,11,14H2,1-3H3,(H,23,24)/b22-15-. The Morgan fingerprint density at radius 3 is 2.79 bits per heavy atom. The Kier molecular flexibility index (Phi) is 9.48. The van der Waals surface area contributed by atoms with Crippen LogP contribution in [0.1, 0.15) is 66.9 Å². The predicted molar refractivity (Wildman–Crippen MR) is 115 cm³/mol. The Morgan fingerprint density at radius 2 is 2.00 bits per heavy atom. The van der Waals surface area contributed by atoms with E-state index in [-0.39, 0.29) is 5.97 Å². The molecule has 0 spiro atoms. The van der Waals surface area contributed by atoms with Crippen LogP contribution >= 0.6 is 11.3 Å². The van der Waals surface area contributed by atoms with Crippen LogP contribution in [0.25, 0.3) is 0 Å². The van der Waals surface area contributed by atoms with Gasteiger partial charge in [-0.3, -0.25) is 5.43 Å². The number of unbranched alkanes of at least 4 members (excludes halogenated alkanes) is 4. The van der Waals surface area contributed by atoms with Gasteiger partial charge in [0.05, 0.1) is 25.1 Å². The molecule has 0 fully saturated rings. The first-order valence-electron chi connectivity index (χ1n) is 9.81. The van der Waals surface area contributed by atoms with Crippen LogP contribution in [-0.4, -0.2) is 30.4 Å². The fourth-order valence-corrected chi connectivity index (χ4v) is 3.40. The van der Waals surface area contributed by atoms with Gasteiger partial charge >= 0.3 is 5.97 Å². The number of nitrogens with one attached hydrogen (secondary N) is 1. The zero-order chi connectivity index (χ0) is 20.2. The quantitative estimate of drug-likeness (QED) is 0.222. The Hall–Kier alpha value is -2.41. The zero-order valence-electron chi connectivity index (χ0n) is 16.9. The van der Waals surface area contributed by atoms with Gasteiger partial charge in [-0.25, -0.2) is 9.78 Å². The molecular formula is C21H29N3O3S. The Balaban J connectivity index is 1.90. The predicted octanol–water partition coefficient (Wildman–Crippen LogP) is 5.42. The molecule has 1 N–H and O–H groups in total. The van der Waals surface area contributed by atoms with E-state index < -0.39 is 0 Å². The third-order valence-electron chi connectivity index (χ3n) is 4.05. The van der Waals surface area contributed by atoms with Gasteiger partial charge in [0.15, 0.2) is 0 Å². The van der Waals surface area contributed by atoms with E-state index in [0.717, 1.165) is 17.7 Å². The molecule has 0 unspecified atom stereocenters. The lowest BCUT2D eigenvalue weighted by molar-refractivity contribution is 0.0531. The highest BCUT2D eigenvalue weighted by Gasteiger charge is 2.15. The molecular weight excluding hydrogens is 374 g/mol. The first-order chi connectivity index (χ1) is 13.7. The highest BCUT2D eigenvalue weighted by Crippen LogP contribution is 2.23. The number of para-hydroxylation sites is 1. The molecule has 1 aromatic heterocycles. The molecule has 7 heteroatoms. The highest BCUT2D eigenvalue weighted by molar-refractivity contribution is 7.17. The van der Waals surface area contributed by atoms with Crippen LogP contribution in [0.5, 0.6) is 5.75 Å². The lowest BCUT2D eigenvalue weighted by atomic mass is 10.2. The largest absolute Gasteiger partial charge is 0.493 e. The number of benzene rings is 1. The number of thiazole rings is 1. The molecule has 0 saturated carbocycles. The second kappa shape index (κ2) is 12.1. The van der Waals surface area contributed by atoms with Gasteiger partial charge in [0.2, 0.25) is 5.13 Å². The number of aromatic nitrogens is 1. The van der Waals surface area contributed by atoms with E-state index in [2.05, 4.69) is 22.4 Å². The third kappa shape index (κ3) is 6.96. The van der Waals surface area contributed by atoms with Gasteiger partial charge in [-0.15, -0.1) is 0 Å². The second-order valence-electron chi connectivity index (χ2n) is 6.32. The number of anilines is 1. The molecule has 0 bridgehead atoms. The summed E-state index contributed by atoms with van der Waals surface area (Å²) in [5, 5.41) is 4.79. The van der Waals surface area contributed by atoms with Gasteiger partial charge < -0.3 is 9.47 Å². The van der Waals surface area contributed by atoms with Gasteiger partial charge in [0.1, 0.15) is 10.6 Å². The molecule has 2 rings (SSSR count). The molecule has 0 saturated heterocycles. The maximum Gasteiger partial charge on any atom is 0.350 e. The molecule has 1 aromatic carbocycles. The molecule has 6 nitrogen and oxygen atoms in total. The van der Waals surface area contributed by atoms with Crippen molar-refractivity contribution in [1.82, 2.24) is 4.98 Å². The lowest BCUT2D eigenvalue weighted by Gasteiger charge is -2.08. The molecule has 0 aliphatic carbocycles. The molecule has 0 aliphatic heterocycles. The smallest absolute Gasteiger partial charge is 0.350 e. The number of rotatable bonds is 12. The van der Waals surface area contributed by atoms with Gasteiger partial charge in [0, 0.05) is 5.56 Å². The molecule has 0 aliphatic rings. The number of ether oxygens (including phenoxy) is 2. The first kappa shape index (κ1) is 21.9. The van der Waals surface area contributed by atoms with Crippen molar-refractivity contribution in [1.29, 1.82) is 0 Å². The summed E-state index contributed by atoms with van der Waals surface area (Å²) in [7, 11) is 0.